The van der Waals surface area contributed by atoms with E-state index in [1.807, 2.05) is 32.1 Å². The topological polar surface area (TPSA) is 155 Å². The summed E-state index contributed by atoms with van der Waals surface area (Å²) >= 11 is 0. The lowest BCUT2D eigenvalue weighted by molar-refractivity contribution is -0.249. The molecule has 0 N–H and O–H groups in total. The van der Waals surface area contributed by atoms with Crippen molar-refractivity contribution in [1.29, 1.82) is 15.8 Å². The zero-order chi connectivity index (χ0) is 55.2. The third-order valence-electron chi connectivity index (χ3n) is 11.4. The van der Waals surface area contributed by atoms with Crippen LogP contribution in [-0.2, 0) is 19.8 Å². The van der Waals surface area contributed by atoms with Crippen molar-refractivity contribution in [2.75, 3.05) is 31.2 Å². The van der Waals surface area contributed by atoms with Crippen LogP contribution >= 0.6 is 0 Å². The molecule has 0 fully saturated rings. The lowest BCUT2D eigenvalue weighted by Gasteiger charge is -2.33. The number of hydrogen-bond acceptors (Lipinski definition) is 11. The largest absolute Gasteiger partial charge is 0.465 e. The fourth-order valence-electron chi connectivity index (χ4n) is 8.06. The van der Waals surface area contributed by atoms with Crippen LogP contribution in [0.25, 0.3) is 6.08 Å². The number of halogens is 9. The van der Waals surface area contributed by atoms with Crippen molar-refractivity contribution in [1.82, 2.24) is 0 Å². The molecule has 390 valence electrons. The Labute approximate surface area is 429 Å². The molecule has 1 heterocycles. The Morgan fingerprint density at radius 2 is 1.22 bits per heavy atom. The maximum Gasteiger partial charge on any atom is 0.437 e. The first-order chi connectivity index (χ1) is 36.2. The van der Waals surface area contributed by atoms with Gasteiger partial charge >= 0.3 is 42.3 Å². The Hall–Kier alpha value is -9.22. The molecule has 2 aliphatic rings. The van der Waals surface area contributed by atoms with E-state index >= 15 is 13.2 Å². The normalized spacial score (nSPS) is 16.4. The number of allylic oxidation sites excluding steroid dienone is 8. The van der Waals surface area contributed by atoms with Crippen molar-refractivity contribution < 1.29 is 72.8 Å². The van der Waals surface area contributed by atoms with Crippen LogP contribution in [0.4, 0.5) is 45.2 Å². The lowest BCUT2D eigenvalue weighted by Crippen LogP contribution is -2.43. The van der Waals surface area contributed by atoms with Gasteiger partial charge in [0.15, 0.2) is 11.3 Å². The third kappa shape index (κ3) is 13.9. The minimum absolute atomic E-state index is 0.00332. The van der Waals surface area contributed by atoms with E-state index in [2.05, 4.69) is 9.47 Å². The Balaban J connectivity index is 1.20. The van der Waals surface area contributed by atoms with Crippen LogP contribution in [0.5, 0.6) is 11.5 Å². The van der Waals surface area contributed by atoms with Crippen LogP contribution in [0, 0.1) is 39.4 Å². The highest BCUT2D eigenvalue weighted by Crippen LogP contribution is 2.56. The predicted molar refractivity (Wildman–Crippen MR) is 258 cm³/mol. The Morgan fingerprint density at radius 3 is 1.70 bits per heavy atom. The molecule has 0 aromatic heterocycles. The fourth-order valence-corrected chi connectivity index (χ4v) is 8.06. The van der Waals surface area contributed by atoms with Crippen LogP contribution in [-0.4, -0.2) is 44.4 Å². The van der Waals surface area contributed by atoms with Gasteiger partial charge < -0.3 is 28.6 Å². The molecule has 0 saturated carbocycles. The Bertz CT molecular complexity index is 3100. The lowest BCUT2D eigenvalue weighted by atomic mass is 9.75. The van der Waals surface area contributed by atoms with Crippen molar-refractivity contribution in [2.24, 2.45) is 5.41 Å². The number of ether oxygens (including phenoxy) is 5. The van der Waals surface area contributed by atoms with E-state index in [4.69, 9.17) is 14.2 Å². The van der Waals surface area contributed by atoms with Crippen LogP contribution < -0.4 is 14.4 Å². The van der Waals surface area contributed by atoms with Gasteiger partial charge in [0.1, 0.15) is 48.5 Å². The number of alkyl halides is 3. The second-order valence-electron chi connectivity index (χ2n) is 17.3. The zero-order valence-corrected chi connectivity index (χ0v) is 40.1. The summed E-state index contributed by atoms with van der Waals surface area (Å²) in [6, 6.07) is 23.3. The quantitative estimate of drug-likeness (QED) is 0.0405. The minimum atomic E-state index is -5.15. The maximum atomic E-state index is 15.3. The molecular formula is C56H41F9N4O7. The summed E-state index contributed by atoms with van der Waals surface area (Å²) in [5.74, 6) is -2.99. The second kappa shape index (κ2) is 24.7. The summed E-state index contributed by atoms with van der Waals surface area (Å²) < 4.78 is 147. The van der Waals surface area contributed by atoms with Gasteiger partial charge in [0.05, 0.1) is 24.2 Å². The Morgan fingerprint density at radius 1 is 0.697 bits per heavy atom. The molecule has 4 aromatic rings. The predicted octanol–water partition coefficient (Wildman–Crippen LogP) is 13.9. The fraction of sp³-hybridized carbons (Fsp3) is 0.196. The molecule has 0 amide bonds. The van der Waals surface area contributed by atoms with E-state index in [9.17, 15) is 51.7 Å². The van der Waals surface area contributed by atoms with Gasteiger partial charge in [0.25, 0.3) is 5.60 Å². The highest BCUT2D eigenvalue weighted by atomic mass is 19.4. The average molecular weight is 1050 g/mol. The summed E-state index contributed by atoms with van der Waals surface area (Å²) in [5.41, 5.74) is -2.94. The van der Waals surface area contributed by atoms with Crippen LogP contribution in [0.15, 0.2) is 191 Å². The third-order valence-corrected chi connectivity index (χ3v) is 11.4. The zero-order valence-electron chi connectivity index (χ0n) is 40.1. The number of anilines is 1. The molecular weight excluding hydrogens is 1010 g/mol. The highest BCUT2D eigenvalue weighted by Gasteiger charge is 2.65. The first kappa shape index (κ1) is 56.1. The van der Waals surface area contributed by atoms with Crippen molar-refractivity contribution in [2.45, 2.75) is 38.5 Å². The van der Waals surface area contributed by atoms with E-state index in [0.29, 0.717) is 18.5 Å². The molecule has 0 bridgehead atoms. The van der Waals surface area contributed by atoms with E-state index in [1.165, 1.54) is 72.8 Å². The molecule has 0 spiro atoms. The molecule has 1 aliphatic heterocycles. The molecule has 11 nitrogen and oxygen atoms in total. The van der Waals surface area contributed by atoms with Crippen LogP contribution in [0.1, 0.15) is 58.5 Å². The van der Waals surface area contributed by atoms with E-state index in [0.717, 1.165) is 47.1 Å². The smallest absolute Gasteiger partial charge is 0.437 e. The highest BCUT2D eigenvalue weighted by molar-refractivity contribution is 5.90. The van der Waals surface area contributed by atoms with Gasteiger partial charge in [-0.15, -0.1) is 0 Å². The van der Waals surface area contributed by atoms with Crippen molar-refractivity contribution in [3.8, 4) is 29.7 Å². The molecule has 4 aromatic carbocycles. The van der Waals surface area contributed by atoms with Gasteiger partial charge in [-0.1, -0.05) is 92.8 Å². The van der Waals surface area contributed by atoms with E-state index in [1.54, 1.807) is 41.3 Å². The number of hydrogen-bond donors (Lipinski definition) is 0. The average Bonchev–Trinajstić information content (AvgIpc) is 3.73. The standard InChI is InChI=1S/C56H41F9N4O7/c1-54(2)30-36(7-6-10-46-45(34-68)47(40(32-66)33-67)76-55(46,56(63,64)65)41-8-4-3-5-9-41)29-37(31-54)12-11-35-13-19-42(20-14-35)69(25-27-72-52(70)38-15-21-43(22-16-38)74-50(61)48(57)58)26-28-73-53(71)39-17-23-44(24-18-39)75-51(62)49(59)60/h3-24,29H,25-28,30-31H2,1-2H3/b10-6+,12-11+,36-7-. The van der Waals surface area contributed by atoms with Crippen LogP contribution in [0.3, 0.4) is 0 Å². The summed E-state index contributed by atoms with van der Waals surface area (Å²) in [5, 5.41) is 29.3. The van der Waals surface area contributed by atoms with E-state index < -0.39 is 70.4 Å². The molecule has 76 heavy (non-hydrogen) atoms. The van der Waals surface area contributed by atoms with Gasteiger partial charge in [0, 0.05) is 16.8 Å². The second-order valence-corrected chi connectivity index (χ2v) is 17.3. The summed E-state index contributed by atoms with van der Waals surface area (Å²) in [4.78, 5) is 27.4. The number of nitriles is 3. The molecule has 0 radical (unpaired) electrons. The molecule has 20 heteroatoms. The van der Waals surface area contributed by atoms with Crippen molar-refractivity contribution in [3.63, 3.8) is 0 Å². The number of carbonyl (C=O) groups excluding carboxylic acids is 2. The molecule has 1 aliphatic carbocycles. The summed E-state index contributed by atoms with van der Waals surface area (Å²) in [7, 11) is 0. The molecule has 1 atom stereocenters. The minimum Gasteiger partial charge on any atom is -0.465 e. The Kier molecular flexibility index (Phi) is 18.2. The number of rotatable bonds is 18. The van der Waals surface area contributed by atoms with E-state index in [-0.39, 0.29) is 59.9 Å². The summed E-state index contributed by atoms with van der Waals surface area (Å²) in [6.45, 7) is 3.73. The van der Waals surface area contributed by atoms with Gasteiger partial charge in [0.2, 0.25) is 0 Å². The van der Waals surface area contributed by atoms with Gasteiger partial charge in [-0.25, -0.2) is 9.59 Å². The van der Waals surface area contributed by atoms with Crippen molar-refractivity contribution in [3.05, 3.63) is 214 Å². The SMILES string of the molecule is CC1(C)CC(/C=C/c2ccc(N(CCOC(=O)c3ccc(OC(F)=C(F)F)cc3)CCOC(=O)c3ccc(OC(F)=C(F)F)cc3)cc2)=CC(=C/C=C/C2=C(C#N)C(=C(C#N)C#N)OC2(c2ccccc2)C(F)(F)F)/C1. The molecule has 1 unspecified atom stereocenters. The van der Waals surface area contributed by atoms with Crippen LogP contribution in [0.2, 0.25) is 0 Å². The number of carbonyl (C=O) groups is 2. The number of esters is 2. The molecule has 0 saturated heterocycles. The monoisotopic (exact) mass is 1050 g/mol. The first-order valence-corrected chi connectivity index (χ1v) is 22.6. The van der Waals surface area contributed by atoms with Gasteiger partial charge in [-0.2, -0.15) is 55.3 Å². The van der Waals surface area contributed by atoms with Crippen molar-refractivity contribution >= 4 is 23.7 Å². The molecule has 6 rings (SSSR count). The maximum absolute atomic E-state index is 15.3. The number of nitrogens with zero attached hydrogens (tertiary/aromatic N) is 4. The van der Waals surface area contributed by atoms with Gasteiger partial charge in [-0.05, 0) is 95.6 Å². The number of benzene rings is 4. The van der Waals surface area contributed by atoms with Gasteiger partial charge in [-0.3, -0.25) is 0 Å². The first-order valence-electron chi connectivity index (χ1n) is 22.6. The summed E-state index contributed by atoms with van der Waals surface area (Å²) in [6.07, 6.45) is 0.382.